The molecule has 5 aliphatic rings. The Balaban J connectivity index is 1.64. The Morgan fingerprint density at radius 3 is 1.67 bits per heavy atom. The molecule has 0 radical (unpaired) electrons. The number of aliphatic imine (C=N–C) groups is 4. The van der Waals surface area contributed by atoms with Crippen LogP contribution in [0.15, 0.2) is 104 Å². The van der Waals surface area contributed by atoms with Gasteiger partial charge in [0.15, 0.2) is 0 Å². The molecule has 0 saturated carbocycles. The number of hydrogen-bond acceptors (Lipinski definition) is 4. The molecule has 114 valence electrons. The first-order chi connectivity index (χ1) is 11.8. The van der Waals surface area contributed by atoms with Crippen molar-refractivity contribution in [1.82, 2.24) is 0 Å². The fourth-order valence-corrected chi connectivity index (χ4v) is 3.07. The summed E-state index contributed by atoms with van der Waals surface area (Å²) in [6, 6.07) is 0. The van der Waals surface area contributed by atoms with E-state index in [1.807, 2.05) is 48.6 Å². The van der Waals surface area contributed by atoms with Crippen LogP contribution in [0.3, 0.4) is 0 Å². The van der Waals surface area contributed by atoms with Crippen molar-refractivity contribution in [2.75, 3.05) is 0 Å². The largest absolute Gasteiger partial charge is 0.258 e. The van der Waals surface area contributed by atoms with Gasteiger partial charge in [0.25, 0.3) is 0 Å². The zero-order chi connectivity index (χ0) is 15.9. The molecule has 0 aromatic rings. The van der Waals surface area contributed by atoms with Crippen LogP contribution in [0, 0.1) is 0 Å². The summed E-state index contributed by atoms with van der Waals surface area (Å²) >= 11 is 0. The third-order valence-electron chi connectivity index (χ3n) is 4.19. The molecule has 0 unspecified atom stereocenters. The topological polar surface area (TPSA) is 49.4 Å². The standard InChI is InChI=1S/C20H14N4/c1-2-14-10-16-5-6-18(23-16)12-20-8-7-19(24-20)11-17-4-3-15(22-17)9-13(1)21-14/h1-6,9-12H,7-8H2. The van der Waals surface area contributed by atoms with Gasteiger partial charge in [-0.3, -0.25) is 4.99 Å². The quantitative estimate of drug-likeness (QED) is 0.653. The van der Waals surface area contributed by atoms with Crippen molar-refractivity contribution in [2.45, 2.75) is 12.8 Å². The molecule has 0 amide bonds. The number of rotatable bonds is 0. The van der Waals surface area contributed by atoms with Crippen LogP contribution < -0.4 is 0 Å². The summed E-state index contributed by atoms with van der Waals surface area (Å²) in [6.07, 6.45) is 22.1. The summed E-state index contributed by atoms with van der Waals surface area (Å²) in [4.78, 5) is 18.6. The maximum atomic E-state index is 4.71. The summed E-state index contributed by atoms with van der Waals surface area (Å²) in [7, 11) is 0. The molecule has 5 heterocycles. The molecule has 0 aromatic heterocycles. The van der Waals surface area contributed by atoms with Crippen molar-refractivity contribution >= 4 is 22.8 Å². The minimum atomic E-state index is 0.908. The lowest BCUT2D eigenvalue weighted by atomic mass is 10.2. The van der Waals surface area contributed by atoms with E-state index in [9.17, 15) is 0 Å². The highest BCUT2D eigenvalue weighted by molar-refractivity contribution is 6.13. The smallest absolute Gasteiger partial charge is 0.0659 e. The van der Waals surface area contributed by atoms with Gasteiger partial charge in [-0.2, -0.15) is 0 Å². The summed E-state index contributed by atoms with van der Waals surface area (Å²) in [6.45, 7) is 0. The minimum Gasteiger partial charge on any atom is -0.258 e. The molecular weight excluding hydrogens is 296 g/mol. The van der Waals surface area contributed by atoms with E-state index in [1.54, 1.807) is 0 Å². The average molecular weight is 310 g/mol. The zero-order valence-electron chi connectivity index (χ0n) is 13.0. The number of nitrogens with zero attached hydrogens (tertiary/aromatic N) is 4. The van der Waals surface area contributed by atoms with E-state index in [-0.39, 0.29) is 0 Å². The summed E-state index contributed by atoms with van der Waals surface area (Å²) in [5.74, 6) is 0. The van der Waals surface area contributed by atoms with E-state index >= 15 is 0 Å². The highest BCUT2D eigenvalue weighted by Crippen LogP contribution is 2.23. The summed E-state index contributed by atoms with van der Waals surface area (Å²) in [5, 5.41) is 0. The molecular formula is C20H14N4. The predicted octanol–water partition coefficient (Wildman–Crippen LogP) is 3.80. The van der Waals surface area contributed by atoms with E-state index < -0.39 is 0 Å². The summed E-state index contributed by atoms with van der Waals surface area (Å²) in [5.41, 5.74) is 7.69. The molecule has 0 N–H and O–H groups in total. The van der Waals surface area contributed by atoms with Gasteiger partial charge in [-0.05, 0) is 73.6 Å². The summed E-state index contributed by atoms with van der Waals surface area (Å²) < 4.78 is 0. The van der Waals surface area contributed by atoms with Gasteiger partial charge in [-0.25, -0.2) is 15.0 Å². The van der Waals surface area contributed by atoms with Crippen molar-refractivity contribution < 1.29 is 0 Å². The van der Waals surface area contributed by atoms with Gasteiger partial charge in [0.2, 0.25) is 0 Å². The van der Waals surface area contributed by atoms with E-state index in [0.717, 1.165) is 58.5 Å². The molecule has 0 fully saturated rings. The van der Waals surface area contributed by atoms with Gasteiger partial charge < -0.3 is 0 Å². The van der Waals surface area contributed by atoms with Crippen LogP contribution in [0.4, 0.5) is 0 Å². The van der Waals surface area contributed by atoms with E-state index in [1.165, 1.54) is 0 Å². The maximum absolute atomic E-state index is 4.71. The van der Waals surface area contributed by atoms with Crippen LogP contribution in [0.5, 0.6) is 0 Å². The Bertz CT molecular complexity index is 983. The van der Waals surface area contributed by atoms with Gasteiger partial charge >= 0.3 is 0 Å². The lowest BCUT2D eigenvalue weighted by molar-refractivity contribution is 1.07. The molecule has 8 bridgehead atoms. The molecule has 0 spiro atoms. The first-order valence-corrected chi connectivity index (χ1v) is 8.04. The van der Waals surface area contributed by atoms with Crippen molar-refractivity contribution in [3.05, 3.63) is 83.5 Å². The molecule has 5 rings (SSSR count). The molecule has 0 saturated heterocycles. The van der Waals surface area contributed by atoms with Crippen LogP contribution in [-0.4, -0.2) is 22.8 Å². The fourth-order valence-electron chi connectivity index (χ4n) is 3.07. The highest BCUT2D eigenvalue weighted by Gasteiger charge is 2.14. The van der Waals surface area contributed by atoms with Gasteiger partial charge in [0.05, 0.1) is 34.2 Å². The minimum absolute atomic E-state index is 0.908. The fraction of sp³-hybridized carbons (Fsp3) is 0.100. The van der Waals surface area contributed by atoms with Crippen molar-refractivity contribution in [1.29, 1.82) is 0 Å². The van der Waals surface area contributed by atoms with E-state index in [2.05, 4.69) is 27.1 Å². The molecule has 0 atom stereocenters. The Kier molecular flexibility index (Phi) is 2.88. The zero-order valence-corrected chi connectivity index (χ0v) is 13.0. The van der Waals surface area contributed by atoms with Crippen LogP contribution >= 0.6 is 0 Å². The SMILES string of the molecule is C1=CC2=NC1=CC1=NC(=CC3=NC(=CC4=NC(=C2)C=C4)CC3)C=C1. The van der Waals surface area contributed by atoms with Gasteiger partial charge in [0.1, 0.15) is 0 Å². The number of fused-ring (bicyclic) bond motifs is 4. The van der Waals surface area contributed by atoms with Crippen molar-refractivity contribution in [3.8, 4) is 0 Å². The predicted molar refractivity (Wildman–Crippen MR) is 98.7 cm³/mol. The van der Waals surface area contributed by atoms with Crippen LogP contribution in [-0.2, 0) is 0 Å². The van der Waals surface area contributed by atoms with Gasteiger partial charge in [-0.15, -0.1) is 0 Å². The van der Waals surface area contributed by atoms with Gasteiger partial charge in [-0.1, -0.05) is 0 Å². The van der Waals surface area contributed by atoms with Crippen LogP contribution in [0.2, 0.25) is 0 Å². The van der Waals surface area contributed by atoms with E-state index in [4.69, 9.17) is 4.99 Å². The van der Waals surface area contributed by atoms with Crippen molar-refractivity contribution in [3.63, 3.8) is 0 Å². The molecule has 24 heavy (non-hydrogen) atoms. The average Bonchev–Trinajstić information content (AvgIpc) is 3.32. The Hall–Kier alpha value is -3.14. The third-order valence-corrected chi connectivity index (χ3v) is 4.19. The maximum Gasteiger partial charge on any atom is 0.0659 e. The second kappa shape index (κ2) is 5.20. The normalized spacial score (nSPS) is 23.3. The monoisotopic (exact) mass is 310 g/mol. The molecule has 4 heteroatoms. The molecule has 0 aromatic carbocycles. The lowest BCUT2D eigenvalue weighted by Crippen LogP contribution is -1.89. The Morgan fingerprint density at radius 1 is 0.500 bits per heavy atom. The second-order valence-corrected chi connectivity index (χ2v) is 6.06. The molecule has 0 aliphatic carbocycles. The first-order valence-electron chi connectivity index (χ1n) is 8.04. The number of allylic oxidation sites excluding steroid dienone is 11. The van der Waals surface area contributed by atoms with Crippen molar-refractivity contribution in [2.24, 2.45) is 20.0 Å². The van der Waals surface area contributed by atoms with Crippen LogP contribution in [0.1, 0.15) is 12.8 Å². The third kappa shape index (κ3) is 2.52. The lowest BCUT2D eigenvalue weighted by Gasteiger charge is -1.93. The van der Waals surface area contributed by atoms with Crippen LogP contribution in [0.25, 0.3) is 0 Å². The Labute approximate surface area is 139 Å². The Morgan fingerprint density at radius 2 is 1.04 bits per heavy atom. The molecule has 5 aliphatic heterocycles. The first kappa shape index (κ1) is 13.3. The number of hydrogen-bond donors (Lipinski definition) is 0. The molecule has 4 nitrogen and oxygen atoms in total. The van der Waals surface area contributed by atoms with Gasteiger partial charge in [0, 0.05) is 11.4 Å². The highest BCUT2D eigenvalue weighted by atomic mass is 14.8. The second-order valence-electron chi connectivity index (χ2n) is 6.06. The van der Waals surface area contributed by atoms with E-state index in [0.29, 0.717) is 0 Å².